The van der Waals surface area contributed by atoms with E-state index in [1.807, 2.05) is 13.8 Å². The second-order valence-electron chi connectivity index (χ2n) is 5.86. The molecular weight excluding hydrogens is 298 g/mol. The minimum atomic E-state index is -0.336. The molecule has 1 atom stereocenters. The highest BCUT2D eigenvalue weighted by Gasteiger charge is 2.42. The first kappa shape index (κ1) is 15.1. The summed E-state index contributed by atoms with van der Waals surface area (Å²) in [5.41, 5.74) is 6.22. The Morgan fingerprint density at radius 1 is 1.45 bits per heavy atom. The maximum Gasteiger partial charge on any atom is 0.263 e. The van der Waals surface area contributed by atoms with Crippen molar-refractivity contribution in [2.75, 3.05) is 6.54 Å². The quantitative estimate of drug-likeness (QED) is 0.876. The number of nitrogens with one attached hydrogen (secondary N) is 1. The number of aryl methyl sites for hydroxylation is 1. The van der Waals surface area contributed by atoms with E-state index in [0.717, 1.165) is 12.8 Å². The molecule has 0 bridgehead atoms. The number of aromatic nitrogens is 3. The number of amides is 1. The van der Waals surface area contributed by atoms with E-state index in [1.165, 1.54) is 11.3 Å². The Bertz CT molecular complexity index is 682. The number of nitrogens with two attached hydrogens (primary N) is 1. The lowest BCUT2D eigenvalue weighted by Crippen LogP contribution is -2.53. The van der Waals surface area contributed by atoms with E-state index in [-0.39, 0.29) is 11.4 Å². The highest BCUT2D eigenvalue weighted by molar-refractivity contribution is 7.17. The summed E-state index contributed by atoms with van der Waals surface area (Å²) in [7, 11) is 0. The smallest absolute Gasteiger partial charge is 0.263 e. The molecule has 1 fully saturated rings. The first-order chi connectivity index (χ1) is 10.5. The van der Waals surface area contributed by atoms with Crippen LogP contribution in [0.15, 0.2) is 18.5 Å². The van der Waals surface area contributed by atoms with Crippen LogP contribution in [0.2, 0.25) is 0 Å². The lowest BCUT2D eigenvalue weighted by atomic mass is 9.96. The average Bonchev–Trinajstić information content (AvgIpc) is 3.31. The first-order valence-electron chi connectivity index (χ1n) is 7.31. The van der Waals surface area contributed by atoms with Crippen molar-refractivity contribution in [2.24, 2.45) is 11.7 Å². The van der Waals surface area contributed by atoms with Gasteiger partial charge in [0.15, 0.2) is 10.8 Å². The van der Waals surface area contributed by atoms with Gasteiger partial charge >= 0.3 is 0 Å². The van der Waals surface area contributed by atoms with E-state index in [4.69, 9.17) is 5.73 Å². The third kappa shape index (κ3) is 2.86. The van der Waals surface area contributed by atoms with Crippen LogP contribution in [-0.2, 0) is 0 Å². The minimum absolute atomic E-state index is 0.114. The van der Waals surface area contributed by atoms with Gasteiger partial charge in [0.1, 0.15) is 4.88 Å². The molecule has 1 unspecified atom stereocenters. The Balaban J connectivity index is 1.83. The van der Waals surface area contributed by atoms with Crippen LogP contribution in [0.4, 0.5) is 0 Å². The van der Waals surface area contributed by atoms with Gasteiger partial charge in [-0.2, -0.15) is 0 Å². The van der Waals surface area contributed by atoms with Crippen molar-refractivity contribution in [2.45, 2.75) is 32.2 Å². The lowest BCUT2D eigenvalue weighted by molar-refractivity contribution is 0.0901. The largest absolute Gasteiger partial charge is 0.345 e. The molecule has 7 heteroatoms. The van der Waals surface area contributed by atoms with Crippen LogP contribution in [0, 0.1) is 12.8 Å². The van der Waals surface area contributed by atoms with Crippen LogP contribution in [-0.4, -0.2) is 32.9 Å². The third-order valence-corrected chi connectivity index (χ3v) is 5.21. The fourth-order valence-corrected chi connectivity index (χ4v) is 3.38. The normalized spacial score (nSPS) is 17.0. The van der Waals surface area contributed by atoms with Crippen LogP contribution >= 0.6 is 11.3 Å². The topological polar surface area (TPSA) is 93.8 Å². The second kappa shape index (κ2) is 5.73. The van der Waals surface area contributed by atoms with E-state index in [0.29, 0.717) is 33.9 Å². The maximum atomic E-state index is 12.6. The van der Waals surface area contributed by atoms with Gasteiger partial charge in [0, 0.05) is 18.9 Å². The Hall–Kier alpha value is -1.86. The van der Waals surface area contributed by atoms with Crippen LogP contribution in [0.25, 0.3) is 10.8 Å². The van der Waals surface area contributed by atoms with Crippen LogP contribution in [0.3, 0.4) is 0 Å². The number of nitrogens with zero attached hydrogens (tertiary/aromatic N) is 3. The molecule has 2 heterocycles. The number of thiazole rings is 1. The summed E-state index contributed by atoms with van der Waals surface area (Å²) in [6.45, 7) is 4.28. The first-order valence-corrected chi connectivity index (χ1v) is 8.12. The summed E-state index contributed by atoms with van der Waals surface area (Å²) in [5.74, 6) is 0.905. The zero-order chi connectivity index (χ0) is 15.7. The Kier molecular flexibility index (Phi) is 3.92. The van der Waals surface area contributed by atoms with E-state index in [2.05, 4.69) is 20.3 Å². The average molecular weight is 317 g/mol. The van der Waals surface area contributed by atoms with E-state index in [9.17, 15) is 4.79 Å². The zero-order valence-corrected chi connectivity index (χ0v) is 13.5. The highest BCUT2D eigenvalue weighted by Crippen LogP contribution is 2.39. The fraction of sp³-hybridized carbons (Fsp3) is 0.467. The molecule has 0 radical (unpaired) electrons. The minimum Gasteiger partial charge on any atom is -0.345 e. The SMILES string of the molecule is Cc1nc(-c2ncccn2)sc1C(=O)NC(C)(CN)C1CC1. The predicted molar refractivity (Wildman–Crippen MR) is 85.5 cm³/mol. The molecule has 0 spiro atoms. The van der Waals surface area contributed by atoms with E-state index in [1.54, 1.807) is 18.5 Å². The standard InChI is InChI=1S/C15H19N5OS/c1-9-11(13(21)20-15(2,8-16)10-4-5-10)22-14(19-9)12-17-6-3-7-18-12/h3,6-7,10H,4-5,8,16H2,1-2H3,(H,20,21). The van der Waals surface area contributed by atoms with Crippen molar-refractivity contribution in [1.29, 1.82) is 0 Å². The molecule has 3 rings (SSSR count). The van der Waals surface area contributed by atoms with Gasteiger partial charge < -0.3 is 11.1 Å². The summed E-state index contributed by atoms with van der Waals surface area (Å²) in [6, 6.07) is 1.75. The van der Waals surface area contributed by atoms with Crippen molar-refractivity contribution in [3.05, 3.63) is 29.0 Å². The molecule has 1 saturated carbocycles. The van der Waals surface area contributed by atoms with Crippen LogP contribution < -0.4 is 11.1 Å². The van der Waals surface area contributed by atoms with Gasteiger partial charge in [0.2, 0.25) is 0 Å². The molecule has 0 saturated heterocycles. The zero-order valence-electron chi connectivity index (χ0n) is 12.7. The number of hydrogen-bond acceptors (Lipinski definition) is 6. The maximum absolute atomic E-state index is 12.6. The van der Waals surface area contributed by atoms with Crippen molar-refractivity contribution in [3.8, 4) is 10.8 Å². The summed E-state index contributed by atoms with van der Waals surface area (Å²) in [5, 5.41) is 3.75. The van der Waals surface area contributed by atoms with Crippen molar-refractivity contribution < 1.29 is 4.79 Å². The van der Waals surface area contributed by atoms with Crippen molar-refractivity contribution in [3.63, 3.8) is 0 Å². The second-order valence-corrected chi connectivity index (χ2v) is 6.86. The van der Waals surface area contributed by atoms with Gasteiger partial charge in [0.25, 0.3) is 5.91 Å². The van der Waals surface area contributed by atoms with Gasteiger partial charge in [-0.1, -0.05) is 0 Å². The van der Waals surface area contributed by atoms with Gasteiger partial charge in [-0.25, -0.2) is 15.0 Å². The van der Waals surface area contributed by atoms with Gasteiger partial charge in [-0.05, 0) is 38.7 Å². The van der Waals surface area contributed by atoms with Crippen LogP contribution in [0.5, 0.6) is 0 Å². The molecule has 1 aliphatic rings. The number of hydrogen-bond donors (Lipinski definition) is 2. The molecule has 2 aromatic heterocycles. The van der Waals surface area contributed by atoms with Gasteiger partial charge in [0.05, 0.1) is 11.2 Å². The Morgan fingerprint density at radius 2 is 2.14 bits per heavy atom. The molecule has 22 heavy (non-hydrogen) atoms. The summed E-state index contributed by atoms with van der Waals surface area (Å²) in [6.07, 6.45) is 5.58. The molecular formula is C15H19N5OS. The summed E-state index contributed by atoms with van der Waals surface area (Å²) >= 11 is 1.32. The van der Waals surface area contributed by atoms with Crippen molar-refractivity contribution in [1.82, 2.24) is 20.3 Å². The monoisotopic (exact) mass is 317 g/mol. The summed E-state index contributed by atoms with van der Waals surface area (Å²) < 4.78 is 0. The fourth-order valence-electron chi connectivity index (χ4n) is 2.47. The molecule has 6 nitrogen and oxygen atoms in total. The number of rotatable bonds is 5. The van der Waals surface area contributed by atoms with Gasteiger partial charge in [-0.15, -0.1) is 11.3 Å². The molecule has 116 valence electrons. The molecule has 3 N–H and O–H groups in total. The Labute approximate surface area is 133 Å². The molecule has 1 amide bonds. The molecule has 0 aliphatic heterocycles. The number of carbonyl (C=O) groups excluding carboxylic acids is 1. The van der Waals surface area contributed by atoms with Crippen molar-refractivity contribution >= 4 is 17.2 Å². The predicted octanol–water partition coefficient (Wildman–Crippen LogP) is 1.77. The molecule has 2 aromatic rings. The molecule has 1 aliphatic carbocycles. The van der Waals surface area contributed by atoms with E-state index < -0.39 is 0 Å². The third-order valence-electron chi connectivity index (χ3n) is 4.06. The van der Waals surface area contributed by atoms with E-state index >= 15 is 0 Å². The lowest BCUT2D eigenvalue weighted by Gasteiger charge is -2.29. The van der Waals surface area contributed by atoms with Crippen LogP contribution in [0.1, 0.15) is 35.1 Å². The van der Waals surface area contributed by atoms with Gasteiger partial charge in [-0.3, -0.25) is 4.79 Å². The Morgan fingerprint density at radius 3 is 2.73 bits per heavy atom. The highest BCUT2D eigenvalue weighted by atomic mass is 32.1. The molecule has 0 aromatic carbocycles. The number of carbonyl (C=O) groups is 1. The summed E-state index contributed by atoms with van der Waals surface area (Å²) in [4.78, 5) is 26.0.